The van der Waals surface area contributed by atoms with E-state index in [1.54, 1.807) is 0 Å². The van der Waals surface area contributed by atoms with E-state index in [4.69, 9.17) is 16.5 Å². The van der Waals surface area contributed by atoms with E-state index in [-0.39, 0.29) is 9.57 Å². The zero-order valence-electron chi connectivity index (χ0n) is 17.0. The first-order chi connectivity index (χ1) is 15.4. The highest BCUT2D eigenvalue weighted by atomic mass is 35.5. The molecule has 33 heavy (non-hydrogen) atoms. The second kappa shape index (κ2) is 8.99. The van der Waals surface area contributed by atoms with Crippen molar-refractivity contribution < 1.29 is 35.5 Å². The van der Waals surface area contributed by atoms with Gasteiger partial charge in [0.05, 0.1) is 17.6 Å². The van der Waals surface area contributed by atoms with Crippen molar-refractivity contribution >= 4 is 33.3 Å². The summed E-state index contributed by atoms with van der Waals surface area (Å²) in [5.74, 6) is -2.12. The smallest absolute Gasteiger partial charge is 0.416 e. The number of nitrogens with zero attached hydrogens (tertiary/aromatic N) is 2. The highest BCUT2D eigenvalue weighted by Crippen LogP contribution is 2.35. The summed E-state index contributed by atoms with van der Waals surface area (Å²) in [4.78, 5) is 16.3. The Morgan fingerprint density at radius 2 is 1.79 bits per heavy atom. The van der Waals surface area contributed by atoms with Crippen LogP contribution >= 0.6 is 11.8 Å². The summed E-state index contributed by atoms with van der Waals surface area (Å²) in [6.07, 6.45) is -3.57. The number of ketones is 1. The van der Waals surface area contributed by atoms with Crippen LogP contribution in [0.4, 0.5) is 23.2 Å². The number of carbonyl (C=O) groups excluding carboxylic acids is 1. The fraction of sp³-hybridized carbons (Fsp3) is 0.143. The maximum atomic E-state index is 14.4. The molecule has 12 heteroatoms. The second-order valence-electron chi connectivity index (χ2n) is 6.77. The minimum absolute atomic E-state index is 0.114. The van der Waals surface area contributed by atoms with Crippen LogP contribution in [0.15, 0.2) is 59.6 Å². The van der Waals surface area contributed by atoms with Crippen molar-refractivity contribution in [1.29, 1.82) is 0 Å². The summed E-state index contributed by atoms with van der Waals surface area (Å²) >= 11 is 6.07. The number of carbonyl (C=O) groups is 1. The van der Waals surface area contributed by atoms with Gasteiger partial charge in [-0.15, -0.1) is 0 Å². The predicted molar refractivity (Wildman–Crippen MR) is 112 cm³/mol. The van der Waals surface area contributed by atoms with Gasteiger partial charge in [-0.3, -0.25) is 9.78 Å². The molecule has 1 heterocycles. The zero-order valence-corrected chi connectivity index (χ0v) is 18.6. The number of methoxy groups -OCH3 is 1. The molecule has 0 saturated heterocycles. The number of aryl methyl sites for hydroxylation is 1. The van der Waals surface area contributed by atoms with Crippen molar-refractivity contribution in [2.24, 2.45) is 0 Å². The van der Waals surface area contributed by atoms with Crippen molar-refractivity contribution in [3.8, 4) is 5.75 Å². The van der Waals surface area contributed by atoms with Crippen LogP contribution in [-0.2, 0) is 16.2 Å². The Balaban J connectivity index is 2.15. The molecule has 0 amide bonds. The fourth-order valence-electron chi connectivity index (χ4n) is 2.93. The van der Waals surface area contributed by atoms with E-state index in [9.17, 15) is 30.8 Å². The summed E-state index contributed by atoms with van der Waals surface area (Å²) < 4.78 is 84.8. The van der Waals surface area contributed by atoms with Gasteiger partial charge in [0.25, 0.3) is 10.0 Å². The van der Waals surface area contributed by atoms with Gasteiger partial charge >= 0.3 is 6.18 Å². The van der Waals surface area contributed by atoms with E-state index < -0.39 is 55.2 Å². The van der Waals surface area contributed by atoms with Gasteiger partial charge in [0.2, 0.25) is 5.78 Å². The highest BCUT2D eigenvalue weighted by molar-refractivity contribution is 7.94. The maximum absolute atomic E-state index is 14.4. The quantitative estimate of drug-likeness (QED) is 0.265. The minimum atomic E-state index is -4.80. The Hall–Kier alpha value is -3.18. The van der Waals surface area contributed by atoms with Gasteiger partial charge in [0.1, 0.15) is 28.5 Å². The van der Waals surface area contributed by atoms with Crippen molar-refractivity contribution in [2.75, 3.05) is 10.9 Å². The van der Waals surface area contributed by atoms with E-state index in [0.29, 0.717) is 17.7 Å². The van der Waals surface area contributed by atoms with Gasteiger partial charge in [-0.25, -0.2) is 4.39 Å². The van der Waals surface area contributed by atoms with Crippen molar-refractivity contribution in [2.45, 2.75) is 18.0 Å². The van der Waals surface area contributed by atoms with Gasteiger partial charge in [0, 0.05) is 18.0 Å². The number of hydrogen-bond donors (Lipinski definition) is 0. The molecule has 0 atom stereocenters. The van der Waals surface area contributed by atoms with E-state index in [2.05, 4.69) is 4.98 Å². The normalized spacial score (nSPS) is 11.8. The van der Waals surface area contributed by atoms with Crippen LogP contribution < -0.4 is 8.56 Å². The number of aromatic nitrogens is 1. The molecular formula is C21H15ClF4N2O4S. The molecule has 0 aliphatic heterocycles. The molecule has 0 aliphatic carbocycles. The average Bonchev–Trinajstić information content (AvgIpc) is 2.77. The van der Waals surface area contributed by atoms with E-state index in [1.165, 1.54) is 38.4 Å². The van der Waals surface area contributed by atoms with Crippen LogP contribution in [0.3, 0.4) is 0 Å². The third-order valence-corrected chi connectivity index (χ3v) is 6.70. The van der Waals surface area contributed by atoms with Crippen LogP contribution in [0, 0.1) is 12.7 Å². The van der Waals surface area contributed by atoms with Crippen molar-refractivity contribution in [3.05, 3.63) is 82.9 Å². The lowest BCUT2D eigenvalue weighted by atomic mass is 10.0. The number of anilines is 1. The first kappa shape index (κ1) is 24.5. The average molecular weight is 503 g/mol. The molecule has 0 aliphatic rings. The van der Waals surface area contributed by atoms with Crippen LogP contribution in [0.25, 0.3) is 0 Å². The Labute approximate surface area is 191 Å². The number of pyridine rings is 1. The molecule has 0 bridgehead atoms. The van der Waals surface area contributed by atoms with Crippen LogP contribution in [0.1, 0.15) is 27.2 Å². The summed E-state index contributed by atoms with van der Waals surface area (Å²) in [5.41, 5.74) is -2.35. The number of hydrogen-bond acceptors (Lipinski definition) is 5. The van der Waals surface area contributed by atoms with Crippen LogP contribution in [-0.4, -0.2) is 26.3 Å². The summed E-state index contributed by atoms with van der Waals surface area (Å²) in [6.45, 7) is 1.52. The molecular weight excluding hydrogens is 488 g/mol. The number of alkyl halides is 3. The third-order valence-electron chi connectivity index (χ3n) is 4.50. The first-order valence-electron chi connectivity index (χ1n) is 9.10. The summed E-state index contributed by atoms with van der Waals surface area (Å²) in [7, 11) is -3.56. The molecule has 6 nitrogen and oxygen atoms in total. The monoisotopic (exact) mass is 502 g/mol. The fourth-order valence-corrected chi connectivity index (χ4v) is 4.41. The molecule has 3 rings (SSSR count). The standard InChI is InChI=1S/C21H15ClF4N2O4S/c1-12-9-16(19(27-11-12)20(29)18-15(23)7-4-8-17(18)32-2)28(22)33(30,31)14-6-3-5-13(10-14)21(24,25)26/h3-11H,1-2H3. The molecule has 3 aromatic rings. The molecule has 2 aromatic carbocycles. The van der Waals surface area contributed by atoms with Gasteiger partial charge < -0.3 is 4.74 Å². The third kappa shape index (κ3) is 4.79. The van der Waals surface area contributed by atoms with Gasteiger partial charge in [-0.05, 0) is 48.9 Å². The van der Waals surface area contributed by atoms with E-state index in [1.807, 2.05) is 0 Å². The minimum Gasteiger partial charge on any atom is -0.496 e. The van der Waals surface area contributed by atoms with E-state index >= 15 is 0 Å². The van der Waals surface area contributed by atoms with E-state index in [0.717, 1.165) is 18.2 Å². The van der Waals surface area contributed by atoms with Crippen molar-refractivity contribution in [1.82, 2.24) is 4.98 Å². The molecule has 0 radical (unpaired) electrons. The maximum Gasteiger partial charge on any atom is 0.416 e. The number of sulfonamides is 1. The van der Waals surface area contributed by atoms with Crippen LogP contribution in [0.5, 0.6) is 5.75 Å². The number of ether oxygens (including phenoxy) is 1. The molecule has 0 unspecified atom stereocenters. The Bertz CT molecular complexity index is 1330. The van der Waals surface area contributed by atoms with Gasteiger partial charge in [-0.2, -0.15) is 25.4 Å². The molecule has 0 N–H and O–H groups in total. The largest absolute Gasteiger partial charge is 0.496 e. The predicted octanol–water partition coefficient (Wildman–Crippen LogP) is 5.14. The summed E-state index contributed by atoms with van der Waals surface area (Å²) in [5, 5.41) is 0. The molecule has 0 spiro atoms. The molecule has 0 fully saturated rings. The summed E-state index contributed by atoms with van der Waals surface area (Å²) in [6, 6.07) is 7.76. The van der Waals surface area contributed by atoms with Crippen molar-refractivity contribution in [3.63, 3.8) is 0 Å². The topological polar surface area (TPSA) is 76.6 Å². The molecule has 174 valence electrons. The van der Waals surface area contributed by atoms with Gasteiger partial charge in [0.15, 0.2) is 0 Å². The SMILES string of the molecule is COc1cccc(F)c1C(=O)c1ncc(C)cc1N(Cl)S(=O)(=O)c1cccc(C(F)(F)F)c1. The first-order valence-corrected chi connectivity index (χ1v) is 10.9. The van der Waals surface area contributed by atoms with Crippen LogP contribution in [0.2, 0.25) is 0 Å². The zero-order chi connectivity index (χ0) is 24.6. The number of halogens is 5. The lowest BCUT2D eigenvalue weighted by molar-refractivity contribution is -0.137. The Morgan fingerprint density at radius 3 is 2.42 bits per heavy atom. The number of rotatable bonds is 6. The lowest BCUT2D eigenvalue weighted by Crippen LogP contribution is -2.25. The number of benzene rings is 2. The highest BCUT2D eigenvalue weighted by Gasteiger charge is 2.34. The second-order valence-corrected chi connectivity index (χ2v) is 9.10. The molecule has 0 saturated carbocycles. The van der Waals surface area contributed by atoms with Gasteiger partial charge in [-0.1, -0.05) is 12.1 Å². The Kier molecular flexibility index (Phi) is 6.66. The Morgan fingerprint density at radius 1 is 1.12 bits per heavy atom. The lowest BCUT2D eigenvalue weighted by Gasteiger charge is -2.20. The molecule has 1 aromatic heterocycles.